The number of carbonyl (C=O) groups excluding carboxylic acids is 3. The van der Waals surface area contributed by atoms with Gasteiger partial charge in [-0.3, -0.25) is 9.59 Å². The zero-order chi connectivity index (χ0) is 18.7. The summed E-state index contributed by atoms with van der Waals surface area (Å²) in [5.74, 6) is -1.58. The van der Waals surface area contributed by atoms with Crippen LogP contribution in [0.25, 0.3) is 5.78 Å². The highest BCUT2D eigenvalue weighted by molar-refractivity contribution is 7.14. The van der Waals surface area contributed by atoms with E-state index in [1.165, 1.54) is 23.1 Å². The van der Waals surface area contributed by atoms with E-state index in [9.17, 15) is 14.4 Å². The Morgan fingerprint density at radius 2 is 2.12 bits per heavy atom. The average Bonchev–Trinajstić information content (AvgIpc) is 3.27. The molecule has 11 heteroatoms. The Hall–Kier alpha value is -3.34. The van der Waals surface area contributed by atoms with Gasteiger partial charge in [-0.25, -0.2) is 14.3 Å². The van der Waals surface area contributed by atoms with Gasteiger partial charge in [-0.2, -0.15) is 10.1 Å². The number of aryl methyl sites for hydroxylation is 1. The number of amides is 2. The lowest BCUT2D eigenvalue weighted by Gasteiger charge is -2.09. The Labute approximate surface area is 151 Å². The summed E-state index contributed by atoms with van der Waals surface area (Å²) in [6.45, 7) is 1.33. The van der Waals surface area contributed by atoms with Gasteiger partial charge in [0.15, 0.2) is 6.61 Å². The molecule has 0 aliphatic rings. The Morgan fingerprint density at radius 3 is 2.85 bits per heavy atom. The van der Waals surface area contributed by atoms with Crippen molar-refractivity contribution in [3.05, 3.63) is 40.8 Å². The summed E-state index contributed by atoms with van der Waals surface area (Å²) < 4.78 is 6.49. The van der Waals surface area contributed by atoms with Gasteiger partial charge in [0.2, 0.25) is 0 Å². The fraction of sp³-hybridized carbons (Fsp3) is 0.200. The monoisotopic (exact) mass is 374 g/mol. The van der Waals surface area contributed by atoms with Crippen molar-refractivity contribution < 1.29 is 19.1 Å². The fourth-order valence-electron chi connectivity index (χ4n) is 2.31. The highest BCUT2D eigenvalue weighted by Crippen LogP contribution is 2.22. The van der Waals surface area contributed by atoms with E-state index < -0.39 is 24.4 Å². The molecule has 0 atom stereocenters. The van der Waals surface area contributed by atoms with Gasteiger partial charge in [0.25, 0.3) is 17.6 Å². The lowest BCUT2D eigenvalue weighted by atomic mass is 10.2. The van der Waals surface area contributed by atoms with Crippen LogP contribution in [0.5, 0.6) is 0 Å². The summed E-state index contributed by atoms with van der Waals surface area (Å²) in [6, 6.07) is 1.50. The van der Waals surface area contributed by atoms with Crippen molar-refractivity contribution in [1.29, 1.82) is 0 Å². The summed E-state index contributed by atoms with van der Waals surface area (Å²) in [6.07, 6.45) is 3.17. The number of nitrogens with zero attached hydrogens (tertiary/aromatic N) is 4. The van der Waals surface area contributed by atoms with Crippen molar-refractivity contribution in [3.8, 4) is 0 Å². The summed E-state index contributed by atoms with van der Waals surface area (Å²) in [7, 11) is 0. The summed E-state index contributed by atoms with van der Waals surface area (Å²) >= 11 is 1.14. The predicted molar refractivity (Wildman–Crippen MR) is 91.9 cm³/mol. The molecule has 2 amide bonds. The molecule has 0 aliphatic heterocycles. The number of hydrogen-bond acceptors (Lipinski definition) is 8. The van der Waals surface area contributed by atoms with E-state index in [1.54, 1.807) is 5.38 Å². The van der Waals surface area contributed by atoms with E-state index in [2.05, 4.69) is 20.4 Å². The fourth-order valence-corrected chi connectivity index (χ4v) is 3.12. The molecule has 0 saturated carbocycles. The van der Waals surface area contributed by atoms with Crippen molar-refractivity contribution in [2.24, 2.45) is 5.73 Å². The minimum Gasteiger partial charge on any atom is -0.452 e. The molecular weight excluding hydrogens is 360 g/mol. The van der Waals surface area contributed by atoms with Crippen LogP contribution in [0.1, 0.15) is 33.3 Å². The number of anilines is 1. The molecule has 3 aromatic heterocycles. The predicted octanol–water partition coefficient (Wildman–Crippen LogP) is 0.643. The van der Waals surface area contributed by atoms with E-state index in [1.807, 2.05) is 6.92 Å². The molecule has 0 aliphatic carbocycles. The van der Waals surface area contributed by atoms with Crippen LogP contribution in [0.4, 0.5) is 5.00 Å². The van der Waals surface area contributed by atoms with Gasteiger partial charge in [-0.15, -0.1) is 11.3 Å². The van der Waals surface area contributed by atoms with Crippen LogP contribution >= 0.6 is 11.3 Å². The van der Waals surface area contributed by atoms with Gasteiger partial charge >= 0.3 is 5.97 Å². The first kappa shape index (κ1) is 17.5. The van der Waals surface area contributed by atoms with Crippen molar-refractivity contribution in [3.63, 3.8) is 0 Å². The number of aromatic nitrogens is 4. The van der Waals surface area contributed by atoms with Crippen molar-refractivity contribution in [1.82, 2.24) is 19.6 Å². The van der Waals surface area contributed by atoms with Crippen LogP contribution in [-0.4, -0.2) is 44.0 Å². The summed E-state index contributed by atoms with van der Waals surface area (Å²) in [5, 5.41) is 8.43. The Morgan fingerprint density at radius 1 is 1.31 bits per heavy atom. The molecule has 26 heavy (non-hydrogen) atoms. The molecule has 3 heterocycles. The van der Waals surface area contributed by atoms with E-state index in [-0.39, 0.29) is 11.1 Å². The normalized spacial score (nSPS) is 10.7. The molecule has 0 radical (unpaired) electrons. The van der Waals surface area contributed by atoms with Gasteiger partial charge in [0, 0.05) is 6.20 Å². The lowest BCUT2D eigenvalue weighted by Crippen LogP contribution is -2.23. The van der Waals surface area contributed by atoms with Crippen LogP contribution in [0.15, 0.2) is 24.0 Å². The number of nitrogens with one attached hydrogen (secondary N) is 1. The summed E-state index contributed by atoms with van der Waals surface area (Å²) in [4.78, 5) is 43.5. The molecule has 0 unspecified atom stereocenters. The maximum atomic E-state index is 12.3. The van der Waals surface area contributed by atoms with Crippen LogP contribution in [0.3, 0.4) is 0 Å². The Kier molecular flexibility index (Phi) is 4.89. The third-order valence-electron chi connectivity index (χ3n) is 3.48. The van der Waals surface area contributed by atoms with Crippen molar-refractivity contribution >= 4 is 39.9 Å². The lowest BCUT2D eigenvalue weighted by molar-refractivity contribution is -0.119. The van der Waals surface area contributed by atoms with E-state index in [0.29, 0.717) is 22.9 Å². The average molecular weight is 374 g/mol. The van der Waals surface area contributed by atoms with Gasteiger partial charge in [0.1, 0.15) is 11.3 Å². The minimum atomic E-state index is -0.705. The molecule has 3 N–H and O–H groups in total. The molecule has 3 rings (SSSR count). The number of primary amides is 1. The first-order chi connectivity index (χ1) is 12.5. The topological polar surface area (TPSA) is 142 Å². The standard InChI is InChI=1S/C15H14N6O4S/c1-2-10-9(5-17-15-18-7-19-21(10)15)14(24)25-6-11(22)20-13-8(12(16)23)3-4-26-13/h3-5,7H,2,6H2,1H3,(H2,16,23)(H,20,22). The molecule has 0 aromatic carbocycles. The smallest absolute Gasteiger partial charge is 0.342 e. The Balaban J connectivity index is 1.68. The number of rotatable bonds is 6. The molecule has 0 bridgehead atoms. The number of nitrogens with two attached hydrogens (primary N) is 1. The molecule has 10 nitrogen and oxygen atoms in total. The van der Waals surface area contributed by atoms with Crippen molar-refractivity contribution in [2.75, 3.05) is 11.9 Å². The third kappa shape index (κ3) is 3.37. The first-order valence-electron chi connectivity index (χ1n) is 7.53. The number of esters is 1. The molecule has 134 valence electrons. The van der Waals surface area contributed by atoms with Crippen LogP contribution in [0.2, 0.25) is 0 Å². The Bertz CT molecular complexity index is 995. The maximum Gasteiger partial charge on any atom is 0.342 e. The van der Waals surface area contributed by atoms with Crippen LogP contribution in [-0.2, 0) is 16.0 Å². The second-order valence-electron chi connectivity index (χ2n) is 5.10. The second-order valence-corrected chi connectivity index (χ2v) is 6.01. The zero-order valence-corrected chi connectivity index (χ0v) is 14.4. The third-order valence-corrected chi connectivity index (χ3v) is 4.31. The number of fused-ring (bicyclic) bond motifs is 1. The maximum absolute atomic E-state index is 12.3. The van der Waals surface area contributed by atoms with E-state index in [4.69, 9.17) is 10.5 Å². The van der Waals surface area contributed by atoms with Gasteiger partial charge in [0.05, 0.1) is 16.8 Å². The molecule has 0 saturated heterocycles. The number of ether oxygens (including phenoxy) is 1. The van der Waals surface area contributed by atoms with Gasteiger partial charge < -0.3 is 15.8 Å². The van der Waals surface area contributed by atoms with Gasteiger partial charge in [-0.1, -0.05) is 6.92 Å². The molecule has 0 spiro atoms. The number of hydrogen-bond donors (Lipinski definition) is 2. The molecule has 0 fully saturated rings. The minimum absolute atomic E-state index is 0.198. The molecular formula is C15H14N6O4S. The highest BCUT2D eigenvalue weighted by atomic mass is 32.1. The quantitative estimate of drug-likeness (QED) is 0.603. The number of carbonyl (C=O) groups is 3. The van der Waals surface area contributed by atoms with Crippen molar-refractivity contribution in [2.45, 2.75) is 13.3 Å². The molecule has 3 aromatic rings. The highest BCUT2D eigenvalue weighted by Gasteiger charge is 2.19. The summed E-state index contributed by atoms with van der Waals surface area (Å²) in [5.41, 5.74) is 6.19. The van der Waals surface area contributed by atoms with Crippen LogP contribution in [0, 0.1) is 0 Å². The zero-order valence-electron chi connectivity index (χ0n) is 13.6. The number of thiophene rings is 1. The van der Waals surface area contributed by atoms with Gasteiger partial charge in [-0.05, 0) is 17.9 Å². The SMILES string of the molecule is CCc1c(C(=O)OCC(=O)Nc2sccc2C(N)=O)cnc2ncnn12. The largest absolute Gasteiger partial charge is 0.452 e. The van der Waals surface area contributed by atoms with E-state index in [0.717, 1.165) is 11.3 Å². The first-order valence-corrected chi connectivity index (χ1v) is 8.41. The second kappa shape index (κ2) is 7.27. The van der Waals surface area contributed by atoms with Crippen LogP contribution < -0.4 is 11.1 Å². The van der Waals surface area contributed by atoms with E-state index >= 15 is 0 Å².